The molecule has 0 unspecified atom stereocenters. The quantitative estimate of drug-likeness (QED) is 0.506. The largest absolute Gasteiger partial charge is 0.195 e. The standard InChI is InChI=1S/C13H22NS/c1-3-4-5-6-10-15-12-14-9-7-8-13(2)11-14/h7-9,11H,3-6,10,12H2,1-2H3/q+1. The first-order chi connectivity index (χ1) is 7.33. The molecular weight excluding hydrogens is 202 g/mol. The van der Waals surface area contributed by atoms with Gasteiger partial charge in [0, 0.05) is 11.6 Å². The van der Waals surface area contributed by atoms with Gasteiger partial charge in [0.25, 0.3) is 0 Å². The molecule has 15 heavy (non-hydrogen) atoms. The normalized spacial score (nSPS) is 10.5. The van der Waals surface area contributed by atoms with Crippen LogP contribution in [0.3, 0.4) is 0 Å². The van der Waals surface area contributed by atoms with Crippen LogP contribution in [0.4, 0.5) is 0 Å². The highest BCUT2D eigenvalue weighted by molar-refractivity contribution is 7.98. The minimum atomic E-state index is 1.09. The molecule has 0 aliphatic carbocycles. The first kappa shape index (κ1) is 12.6. The van der Waals surface area contributed by atoms with E-state index in [1.54, 1.807) is 0 Å². The van der Waals surface area contributed by atoms with E-state index in [0.717, 1.165) is 5.88 Å². The van der Waals surface area contributed by atoms with Crippen molar-refractivity contribution in [2.24, 2.45) is 0 Å². The summed E-state index contributed by atoms with van der Waals surface area (Å²) in [6, 6.07) is 4.26. The molecule has 0 saturated carbocycles. The summed E-state index contributed by atoms with van der Waals surface area (Å²) >= 11 is 2.03. The van der Waals surface area contributed by atoms with Gasteiger partial charge in [-0.2, -0.15) is 4.57 Å². The second kappa shape index (κ2) is 7.75. The average molecular weight is 224 g/mol. The van der Waals surface area contributed by atoms with Crippen LogP contribution in [0.15, 0.2) is 24.5 Å². The van der Waals surface area contributed by atoms with Crippen molar-refractivity contribution in [1.82, 2.24) is 0 Å². The van der Waals surface area contributed by atoms with Crippen molar-refractivity contribution >= 4 is 11.8 Å². The molecule has 1 aromatic rings. The van der Waals surface area contributed by atoms with E-state index in [4.69, 9.17) is 0 Å². The van der Waals surface area contributed by atoms with E-state index in [1.807, 2.05) is 11.8 Å². The van der Waals surface area contributed by atoms with Gasteiger partial charge in [-0.25, -0.2) is 0 Å². The summed E-state index contributed by atoms with van der Waals surface area (Å²) < 4.78 is 2.26. The average Bonchev–Trinajstić information content (AvgIpc) is 2.23. The summed E-state index contributed by atoms with van der Waals surface area (Å²) in [5, 5.41) is 0. The van der Waals surface area contributed by atoms with Crippen LogP contribution in [0.5, 0.6) is 0 Å². The maximum absolute atomic E-state index is 2.26. The van der Waals surface area contributed by atoms with Gasteiger partial charge in [0.05, 0.1) is 0 Å². The molecule has 1 nitrogen and oxygen atoms in total. The van der Waals surface area contributed by atoms with Crippen LogP contribution in [0.2, 0.25) is 0 Å². The highest BCUT2D eigenvalue weighted by Gasteiger charge is 1.99. The van der Waals surface area contributed by atoms with E-state index >= 15 is 0 Å². The minimum Gasteiger partial charge on any atom is -0.195 e. The lowest BCUT2D eigenvalue weighted by Crippen LogP contribution is -2.31. The number of unbranched alkanes of at least 4 members (excludes halogenated alkanes) is 3. The van der Waals surface area contributed by atoms with Crippen LogP contribution in [0, 0.1) is 6.92 Å². The number of aryl methyl sites for hydroxylation is 1. The Labute approximate surface area is 97.9 Å². The summed E-state index contributed by atoms with van der Waals surface area (Å²) in [5.74, 6) is 2.38. The Morgan fingerprint density at radius 2 is 2.13 bits per heavy atom. The number of aromatic nitrogens is 1. The fourth-order valence-electron chi connectivity index (χ4n) is 1.53. The van der Waals surface area contributed by atoms with Gasteiger partial charge in [0.2, 0.25) is 0 Å². The van der Waals surface area contributed by atoms with Gasteiger partial charge < -0.3 is 0 Å². The van der Waals surface area contributed by atoms with E-state index < -0.39 is 0 Å². The molecule has 2 heteroatoms. The molecule has 0 amide bonds. The topological polar surface area (TPSA) is 3.88 Å². The fourth-order valence-corrected chi connectivity index (χ4v) is 2.44. The molecule has 84 valence electrons. The molecule has 0 radical (unpaired) electrons. The summed E-state index contributed by atoms with van der Waals surface area (Å²) in [5.41, 5.74) is 1.34. The third-order valence-corrected chi connectivity index (χ3v) is 3.45. The monoisotopic (exact) mass is 224 g/mol. The Morgan fingerprint density at radius 3 is 2.87 bits per heavy atom. The zero-order valence-corrected chi connectivity index (χ0v) is 10.7. The van der Waals surface area contributed by atoms with Crippen LogP contribution in [0.25, 0.3) is 0 Å². The Balaban J connectivity index is 2.10. The summed E-state index contributed by atoms with van der Waals surface area (Å²) in [7, 11) is 0. The van der Waals surface area contributed by atoms with Gasteiger partial charge in [-0.1, -0.05) is 37.9 Å². The molecule has 0 spiro atoms. The van der Waals surface area contributed by atoms with E-state index in [-0.39, 0.29) is 0 Å². The Morgan fingerprint density at radius 1 is 1.27 bits per heavy atom. The zero-order valence-electron chi connectivity index (χ0n) is 9.91. The lowest BCUT2D eigenvalue weighted by Gasteiger charge is -1.99. The molecule has 0 saturated heterocycles. The van der Waals surface area contributed by atoms with Crippen LogP contribution >= 0.6 is 11.8 Å². The number of pyridine rings is 1. The van der Waals surface area contributed by atoms with Gasteiger partial charge in [-0.3, -0.25) is 0 Å². The van der Waals surface area contributed by atoms with E-state index in [9.17, 15) is 0 Å². The first-order valence-corrected chi connectivity index (χ1v) is 7.02. The Hall–Kier alpha value is -0.500. The van der Waals surface area contributed by atoms with Crippen molar-refractivity contribution in [3.05, 3.63) is 30.1 Å². The minimum absolute atomic E-state index is 1.09. The predicted octanol–water partition coefficient (Wildman–Crippen LogP) is 3.55. The molecule has 0 N–H and O–H groups in total. The SMILES string of the molecule is CCCCCCSC[n+]1cccc(C)c1. The van der Waals surface area contributed by atoms with Crippen LogP contribution < -0.4 is 4.57 Å². The third-order valence-electron chi connectivity index (χ3n) is 2.39. The maximum Gasteiger partial charge on any atom is 0.194 e. The number of hydrogen-bond acceptors (Lipinski definition) is 1. The molecule has 0 aromatic carbocycles. The van der Waals surface area contributed by atoms with Crippen molar-refractivity contribution in [2.75, 3.05) is 5.75 Å². The van der Waals surface area contributed by atoms with Gasteiger partial charge in [-0.05, 0) is 25.2 Å². The van der Waals surface area contributed by atoms with E-state index in [1.165, 1.54) is 37.0 Å². The highest BCUT2D eigenvalue weighted by atomic mass is 32.2. The number of nitrogens with zero attached hydrogens (tertiary/aromatic N) is 1. The van der Waals surface area contributed by atoms with Crippen LogP contribution in [-0.4, -0.2) is 5.75 Å². The third kappa shape index (κ3) is 5.83. The lowest BCUT2D eigenvalue weighted by atomic mass is 10.2. The van der Waals surface area contributed by atoms with Gasteiger partial charge in [0.15, 0.2) is 18.3 Å². The molecule has 1 rings (SSSR count). The van der Waals surface area contributed by atoms with Crippen LogP contribution in [0.1, 0.15) is 38.2 Å². The highest BCUT2D eigenvalue weighted by Crippen LogP contribution is 2.07. The van der Waals surface area contributed by atoms with Crippen molar-refractivity contribution in [3.63, 3.8) is 0 Å². The van der Waals surface area contributed by atoms with Crippen molar-refractivity contribution < 1.29 is 4.57 Å². The molecule has 0 atom stereocenters. The molecule has 0 aliphatic rings. The smallest absolute Gasteiger partial charge is 0.194 e. The van der Waals surface area contributed by atoms with Gasteiger partial charge in [-0.15, -0.1) is 0 Å². The Kier molecular flexibility index (Phi) is 6.49. The van der Waals surface area contributed by atoms with Crippen LogP contribution in [-0.2, 0) is 5.88 Å². The zero-order chi connectivity index (χ0) is 10.9. The Bertz CT molecular complexity index is 273. The summed E-state index contributed by atoms with van der Waals surface area (Å²) in [6.07, 6.45) is 9.83. The van der Waals surface area contributed by atoms with E-state index in [2.05, 4.69) is 42.9 Å². The molecular formula is C13H22NS+. The molecule has 0 aliphatic heterocycles. The number of hydrogen-bond donors (Lipinski definition) is 0. The van der Waals surface area contributed by atoms with Gasteiger partial charge in [0.1, 0.15) is 0 Å². The lowest BCUT2D eigenvalue weighted by molar-refractivity contribution is -0.676. The maximum atomic E-state index is 2.26. The molecule has 0 fully saturated rings. The first-order valence-electron chi connectivity index (χ1n) is 5.86. The fraction of sp³-hybridized carbons (Fsp3) is 0.615. The molecule has 1 heterocycles. The van der Waals surface area contributed by atoms with Crippen molar-refractivity contribution in [3.8, 4) is 0 Å². The van der Waals surface area contributed by atoms with Crippen molar-refractivity contribution in [1.29, 1.82) is 0 Å². The van der Waals surface area contributed by atoms with Crippen molar-refractivity contribution in [2.45, 2.75) is 45.4 Å². The van der Waals surface area contributed by atoms with E-state index in [0.29, 0.717) is 0 Å². The summed E-state index contributed by atoms with van der Waals surface area (Å²) in [6.45, 7) is 4.40. The molecule has 0 bridgehead atoms. The van der Waals surface area contributed by atoms with Gasteiger partial charge >= 0.3 is 0 Å². The summed E-state index contributed by atoms with van der Waals surface area (Å²) in [4.78, 5) is 0. The molecule has 1 aromatic heterocycles. The second-order valence-electron chi connectivity index (χ2n) is 3.99. The number of thioether (sulfide) groups is 1. The number of rotatable bonds is 7. The second-order valence-corrected chi connectivity index (χ2v) is 5.07. The predicted molar refractivity (Wildman–Crippen MR) is 68.0 cm³/mol.